The van der Waals surface area contributed by atoms with Crippen molar-refractivity contribution >= 4 is 33.5 Å². The minimum absolute atomic E-state index is 0.0171. The van der Waals surface area contributed by atoms with E-state index in [1.54, 1.807) is 13.1 Å². The quantitative estimate of drug-likeness (QED) is 0.370. The first-order valence-electron chi connectivity index (χ1n) is 10.2. The first-order valence-corrected chi connectivity index (χ1v) is 12.1. The number of carboxylic acid groups (broad SMARTS) is 1. The molecule has 10 nitrogen and oxygen atoms in total. The van der Waals surface area contributed by atoms with Crippen LogP contribution in [0.3, 0.4) is 0 Å². The number of nitrogens with one attached hydrogen (secondary N) is 1. The van der Waals surface area contributed by atoms with Crippen LogP contribution in [0, 0.1) is 13.8 Å². The molecule has 12 heteroatoms. The van der Waals surface area contributed by atoms with E-state index in [-0.39, 0.29) is 33.1 Å². The van der Waals surface area contributed by atoms with Gasteiger partial charge in [0, 0.05) is 30.9 Å². The molecule has 0 saturated carbocycles. The number of nitrogens with zero attached hydrogens (tertiary/aromatic N) is 4. The van der Waals surface area contributed by atoms with Crippen molar-refractivity contribution in [1.82, 2.24) is 19.7 Å². The summed E-state index contributed by atoms with van der Waals surface area (Å²) in [6, 6.07) is 11.4. The van der Waals surface area contributed by atoms with Gasteiger partial charge in [0.05, 0.1) is 22.5 Å². The predicted octanol–water partition coefficient (Wildman–Crippen LogP) is 4.44. The Morgan fingerprint density at radius 1 is 1.11 bits per heavy atom. The highest BCUT2D eigenvalue weighted by molar-refractivity contribution is 7.92. The van der Waals surface area contributed by atoms with Crippen molar-refractivity contribution in [2.45, 2.75) is 18.7 Å². The van der Waals surface area contributed by atoms with Crippen LogP contribution in [0.15, 0.2) is 59.8 Å². The Morgan fingerprint density at radius 2 is 1.83 bits per heavy atom. The van der Waals surface area contributed by atoms with Crippen molar-refractivity contribution < 1.29 is 23.1 Å². The van der Waals surface area contributed by atoms with E-state index in [4.69, 9.17) is 16.3 Å². The molecule has 0 atom stereocenters. The minimum atomic E-state index is -4.02. The van der Waals surface area contributed by atoms with Crippen LogP contribution in [-0.2, 0) is 17.1 Å². The van der Waals surface area contributed by atoms with Gasteiger partial charge in [-0.15, -0.1) is 0 Å². The third-order valence-electron chi connectivity index (χ3n) is 5.05. The van der Waals surface area contributed by atoms with E-state index in [2.05, 4.69) is 19.8 Å². The van der Waals surface area contributed by atoms with Gasteiger partial charge in [-0.2, -0.15) is 10.1 Å². The first kappa shape index (κ1) is 24.2. The maximum atomic E-state index is 12.9. The molecule has 0 radical (unpaired) electrons. The molecule has 35 heavy (non-hydrogen) atoms. The fraction of sp³-hybridized carbons (Fsp3) is 0.130. The lowest BCUT2D eigenvalue weighted by Crippen LogP contribution is -2.15. The lowest BCUT2D eigenvalue weighted by Gasteiger charge is -2.14. The number of anilines is 1. The van der Waals surface area contributed by atoms with Gasteiger partial charge in [-0.05, 0) is 37.1 Å². The number of benzene rings is 2. The third-order valence-corrected chi connectivity index (χ3v) is 6.65. The molecular formula is C23H20ClN5O5S. The molecule has 2 heterocycles. The highest BCUT2D eigenvalue weighted by atomic mass is 35.5. The largest absolute Gasteiger partial charge is 0.478 e. The molecule has 0 saturated heterocycles. The standard InChI is InChI=1S/C23H20ClN5O5S/c1-13-5-4-6-14(2)21(13)19-10-20(34-15-7-8-17(22(30)31)18(24)9-15)27-23(26-19)28-35(32,33)16-11-25-29(3)12-16/h4-12H,1-3H3,(H,30,31)(H,26,27,28). The second-order valence-corrected chi connectivity index (χ2v) is 9.78. The Kier molecular flexibility index (Phi) is 6.46. The van der Waals surface area contributed by atoms with Crippen LogP contribution in [0.4, 0.5) is 5.95 Å². The molecule has 4 aromatic rings. The van der Waals surface area contributed by atoms with E-state index in [0.717, 1.165) is 16.7 Å². The maximum Gasteiger partial charge on any atom is 0.337 e. The van der Waals surface area contributed by atoms with Crippen LogP contribution >= 0.6 is 11.6 Å². The molecule has 180 valence electrons. The minimum Gasteiger partial charge on any atom is -0.478 e. The summed E-state index contributed by atoms with van der Waals surface area (Å²) in [5, 5.41) is 13.1. The van der Waals surface area contributed by atoms with Crippen molar-refractivity contribution in [3.8, 4) is 22.9 Å². The van der Waals surface area contributed by atoms with Crippen molar-refractivity contribution in [3.63, 3.8) is 0 Å². The van der Waals surface area contributed by atoms with Gasteiger partial charge in [0.1, 0.15) is 10.6 Å². The Morgan fingerprint density at radius 3 is 2.43 bits per heavy atom. The zero-order valence-corrected chi connectivity index (χ0v) is 20.4. The van der Waals surface area contributed by atoms with Crippen molar-refractivity contribution in [3.05, 3.63) is 76.6 Å². The molecule has 4 rings (SSSR count). The van der Waals surface area contributed by atoms with Gasteiger partial charge in [-0.3, -0.25) is 4.68 Å². The van der Waals surface area contributed by atoms with E-state index >= 15 is 0 Å². The number of sulfonamides is 1. The highest BCUT2D eigenvalue weighted by Crippen LogP contribution is 2.32. The summed E-state index contributed by atoms with van der Waals surface area (Å²) in [6.45, 7) is 3.82. The van der Waals surface area contributed by atoms with Crippen LogP contribution in [0.5, 0.6) is 11.6 Å². The molecule has 0 aliphatic carbocycles. The van der Waals surface area contributed by atoms with Gasteiger partial charge >= 0.3 is 5.97 Å². The summed E-state index contributed by atoms with van der Waals surface area (Å²) in [5.41, 5.74) is 2.99. The van der Waals surface area contributed by atoms with Crippen molar-refractivity contribution in [2.24, 2.45) is 7.05 Å². The van der Waals surface area contributed by atoms with Gasteiger partial charge < -0.3 is 9.84 Å². The number of hydrogen-bond acceptors (Lipinski definition) is 7. The molecule has 0 bridgehead atoms. The maximum absolute atomic E-state index is 12.9. The number of aromatic carboxylic acids is 1. The summed E-state index contributed by atoms with van der Waals surface area (Å²) in [6.07, 6.45) is 2.56. The first-order chi connectivity index (χ1) is 16.5. The molecule has 0 unspecified atom stereocenters. The van der Waals surface area contributed by atoms with Crippen LogP contribution < -0.4 is 9.46 Å². The number of hydrogen-bond donors (Lipinski definition) is 2. The second-order valence-electron chi connectivity index (χ2n) is 7.69. The van der Waals surface area contributed by atoms with E-state index in [1.165, 1.54) is 35.3 Å². The molecule has 0 aliphatic heterocycles. The number of aromatic nitrogens is 4. The third kappa shape index (κ3) is 5.26. The van der Waals surface area contributed by atoms with Gasteiger partial charge in [0.2, 0.25) is 11.8 Å². The Balaban J connectivity index is 1.79. The topological polar surface area (TPSA) is 136 Å². The van der Waals surface area contributed by atoms with Gasteiger partial charge in [0.25, 0.3) is 10.0 Å². The lowest BCUT2D eigenvalue weighted by molar-refractivity contribution is 0.0697. The zero-order valence-electron chi connectivity index (χ0n) is 18.9. The zero-order chi connectivity index (χ0) is 25.3. The van der Waals surface area contributed by atoms with Gasteiger partial charge in [-0.1, -0.05) is 29.8 Å². The van der Waals surface area contributed by atoms with Gasteiger partial charge in [-0.25, -0.2) is 22.9 Å². The summed E-state index contributed by atoms with van der Waals surface area (Å²) in [5.74, 6) is -1.14. The van der Waals surface area contributed by atoms with Crippen molar-refractivity contribution in [1.29, 1.82) is 0 Å². The molecule has 2 aromatic carbocycles. The van der Waals surface area contributed by atoms with Gasteiger partial charge in [0.15, 0.2) is 0 Å². The molecule has 2 aromatic heterocycles. The fourth-order valence-electron chi connectivity index (χ4n) is 3.44. The van der Waals surface area contributed by atoms with Crippen LogP contribution in [0.2, 0.25) is 5.02 Å². The fourth-order valence-corrected chi connectivity index (χ4v) is 4.62. The Labute approximate surface area is 206 Å². The average molecular weight is 514 g/mol. The number of rotatable bonds is 7. The van der Waals surface area contributed by atoms with E-state index in [1.807, 2.05) is 32.0 Å². The second kappa shape index (κ2) is 9.35. The number of aryl methyl sites for hydroxylation is 3. The molecule has 0 spiro atoms. The summed E-state index contributed by atoms with van der Waals surface area (Å²) in [7, 11) is -2.42. The number of halogens is 1. The number of carbonyl (C=O) groups is 1. The molecule has 0 amide bonds. The van der Waals surface area contributed by atoms with E-state index in [9.17, 15) is 18.3 Å². The highest BCUT2D eigenvalue weighted by Gasteiger charge is 2.20. The van der Waals surface area contributed by atoms with E-state index < -0.39 is 16.0 Å². The Bertz CT molecular complexity index is 1530. The van der Waals surface area contributed by atoms with Crippen LogP contribution in [0.1, 0.15) is 21.5 Å². The molecule has 0 fully saturated rings. The normalized spacial score (nSPS) is 11.3. The Hall–Kier alpha value is -3.96. The van der Waals surface area contributed by atoms with E-state index in [0.29, 0.717) is 5.69 Å². The average Bonchev–Trinajstić information content (AvgIpc) is 3.20. The van der Waals surface area contributed by atoms with Crippen molar-refractivity contribution in [2.75, 3.05) is 4.72 Å². The SMILES string of the molecule is Cc1cccc(C)c1-c1cc(Oc2ccc(C(=O)O)c(Cl)c2)nc(NS(=O)(=O)c2cnn(C)c2)n1. The predicted molar refractivity (Wildman–Crippen MR) is 129 cm³/mol. The lowest BCUT2D eigenvalue weighted by atomic mass is 10.00. The number of carboxylic acids is 1. The summed E-state index contributed by atoms with van der Waals surface area (Å²) >= 11 is 6.05. The number of ether oxygens (including phenoxy) is 1. The summed E-state index contributed by atoms with van der Waals surface area (Å²) in [4.78, 5) is 19.8. The molecular weight excluding hydrogens is 494 g/mol. The smallest absolute Gasteiger partial charge is 0.337 e. The van der Waals surface area contributed by atoms with Crippen LogP contribution in [-0.4, -0.2) is 39.2 Å². The molecule has 0 aliphatic rings. The molecule has 2 N–H and O–H groups in total. The van der Waals surface area contributed by atoms with Crippen LogP contribution in [0.25, 0.3) is 11.3 Å². The summed E-state index contributed by atoms with van der Waals surface area (Å²) < 4.78 is 35.3. The monoisotopic (exact) mass is 513 g/mol.